The van der Waals surface area contributed by atoms with Gasteiger partial charge in [0.2, 0.25) is 5.91 Å². The first kappa shape index (κ1) is 19.2. The second-order valence-electron chi connectivity index (χ2n) is 5.30. The smallest absolute Gasteiger partial charge is 0.387 e. The number of hydrogen-bond donors (Lipinski definition) is 2. The topological polar surface area (TPSA) is 76.7 Å². The van der Waals surface area contributed by atoms with E-state index in [2.05, 4.69) is 15.4 Å². The third-order valence-electron chi connectivity index (χ3n) is 3.40. The molecule has 0 radical (unpaired) electrons. The van der Waals surface area contributed by atoms with Crippen LogP contribution in [-0.2, 0) is 11.3 Å². The third-order valence-corrected chi connectivity index (χ3v) is 3.40. The van der Waals surface area contributed by atoms with Crippen molar-refractivity contribution < 1.29 is 27.8 Å². The van der Waals surface area contributed by atoms with E-state index in [1.807, 2.05) is 0 Å². The van der Waals surface area contributed by atoms with Gasteiger partial charge >= 0.3 is 6.61 Å². The molecule has 8 heteroatoms. The number of carbonyl (C=O) groups is 2. The summed E-state index contributed by atoms with van der Waals surface area (Å²) in [5.41, 5.74) is 1.51. The van der Waals surface area contributed by atoms with E-state index in [1.165, 1.54) is 32.2 Å². The van der Waals surface area contributed by atoms with E-state index in [0.717, 1.165) is 5.56 Å². The number of ether oxygens (including phenoxy) is 2. The van der Waals surface area contributed by atoms with Crippen molar-refractivity contribution in [2.75, 3.05) is 12.4 Å². The largest absolute Gasteiger partial charge is 0.493 e. The Labute approximate surface area is 149 Å². The number of rotatable bonds is 7. The van der Waals surface area contributed by atoms with Gasteiger partial charge in [0.15, 0.2) is 11.5 Å². The lowest BCUT2D eigenvalue weighted by molar-refractivity contribution is -0.119. The van der Waals surface area contributed by atoms with E-state index >= 15 is 0 Å². The summed E-state index contributed by atoms with van der Waals surface area (Å²) in [7, 11) is 1.33. The van der Waals surface area contributed by atoms with E-state index in [4.69, 9.17) is 4.74 Å². The van der Waals surface area contributed by atoms with Gasteiger partial charge in [-0.25, -0.2) is 0 Å². The van der Waals surface area contributed by atoms with E-state index in [1.54, 1.807) is 24.3 Å². The highest BCUT2D eigenvalue weighted by atomic mass is 19.3. The van der Waals surface area contributed by atoms with Crippen LogP contribution in [0.1, 0.15) is 22.8 Å². The first-order valence-electron chi connectivity index (χ1n) is 7.66. The summed E-state index contributed by atoms with van der Waals surface area (Å²) in [5, 5.41) is 5.26. The van der Waals surface area contributed by atoms with Gasteiger partial charge in [0.25, 0.3) is 5.91 Å². The van der Waals surface area contributed by atoms with E-state index < -0.39 is 12.5 Å². The molecule has 0 spiro atoms. The molecular weight excluding hydrogens is 346 g/mol. The summed E-state index contributed by atoms with van der Waals surface area (Å²) in [6.07, 6.45) is 0. The van der Waals surface area contributed by atoms with Crippen LogP contribution in [0.5, 0.6) is 11.5 Å². The molecule has 0 aliphatic heterocycles. The predicted octanol–water partition coefficient (Wildman–Crippen LogP) is 3.19. The summed E-state index contributed by atoms with van der Waals surface area (Å²) in [6.45, 7) is -1.22. The summed E-state index contributed by atoms with van der Waals surface area (Å²) in [4.78, 5) is 23.2. The summed E-state index contributed by atoms with van der Waals surface area (Å²) in [6, 6.07) is 10.8. The van der Waals surface area contributed by atoms with E-state index in [9.17, 15) is 18.4 Å². The maximum Gasteiger partial charge on any atom is 0.387 e. The zero-order chi connectivity index (χ0) is 19.1. The average molecular weight is 364 g/mol. The number of nitrogens with one attached hydrogen (secondary N) is 2. The molecule has 2 N–H and O–H groups in total. The number of alkyl halides is 2. The molecule has 0 atom stereocenters. The third kappa shape index (κ3) is 5.44. The van der Waals surface area contributed by atoms with Crippen molar-refractivity contribution in [3.8, 4) is 11.5 Å². The Balaban J connectivity index is 2.08. The monoisotopic (exact) mass is 364 g/mol. The fourth-order valence-electron chi connectivity index (χ4n) is 2.15. The molecule has 0 saturated carbocycles. The van der Waals surface area contributed by atoms with Gasteiger partial charge in [-0.15, -0.1) is 0 Å². The molecule has 0 aromatic heterocycles. The van der Waals surface area contributed by atoms with Crippen molar-refractivity contribution in [3.63, 3.8) is 0 Å². The van der Waals surface area contributed by atoms with Crippen LogP contribution in [0.15, 0.2) is 42.5 Å². The normalized spacial score (nSPS) is 10.3. The lowest BCUT2D eigenvalue weighted by atomic mass is 10.1. The Morgan fingerprint density at radius 1 is 1.08 bits per heavy atom. The van der Waals surface area contributed by atoms with Gasteiger partial charge in [0.1, 0.15) is 0 Å². The standard InChI is InChI=1S/C18H18F2N2O4/c1-11(23)21-10-12-3-5-13(6-4-12)17(24)22-14-7-8-15(25-2)16(9-14)26-18(19)20/h3-9,18H,10H2,1-2H3,(H,21,23)(H,22,24). The number of benzene rings is 2. The van der Waals surface area contributed by atoms with Crippen LogP contribution in [-0.4, -0.2) is 25.5 Å². The van der Waals surface area contributed by atoms with E-state index in [0.29, 0.717) is 12.1 Å². The van der Waals surface area contributed by atoms with Crippen LogP contribution in [0.3, 0.4) is 0 Å². The second-order valence-corrected chi connectivity index (χ2v) is 5.30. The lowest BCUT2D eigenvalue weighted by Gasteiger charge is -2.12. The van der Waals surface area contributed by atoms with Crippen LogP contribution >= 0.6 is 0 Å². The SMILES string of the molecule is COc1ccc(NC(=O)c2ccc(CNC(C)=O)cc2)cc1OC(F)F. The minimum absolute atomic E-state index is 0.130. The van der Waals surface area contributed by atoms with Gasteiger partial charge in [-0.2, -0.15) is 8.78 Å². The summed E-state index contributed by atoms with van der Waals surface area (Å²) in [5.74, 6) is -0.603. The predicted molar refractivity (Wildman–Crippen MR) is 91.5 cm³/mol. The van der Waals surface area contributed by atoms with E-state index in [-0.39, 0.29) is 23.1 Å². The molecule has 0 aliphatic carbocycles. The number of carbonyl (C=O) groups excluding carboxylic acids is 2. The molecule has 138 valence electrons. The first-order chi connectivity index (χ1) is 12.4. The Morgan fingerprint density at radius 3 is 2.35 bits per heavy atom. The molecule has 0 fully saturated rings. The number of hydrogen-bond acceptors (Lipinski definition) is 4. The number of halogens is 2. The zero-order valence-corrected chi connectivity index (χ0v) is 14.2. The van der Waals surface area contributed by atoms with Crippen molar-refractivity contribution >= 4 is 17.5 Å². The molecule has 2 aromatic rings. The summed E-state index contributed by atoms with van der Waals surface area (Å²) < 4.78 is 34.2. The van der Waals surface area contributed by atoms with Crippen molar-refractivity contribution in [3.05, 3.63) is 53.6 Å². The van der Waals surface area contributed by atoms with Gasteiger partial charge in [-0.3, -0.25) is 9.59 Å². The van der Waals surface area contributed by atoms with Gasteiger partial charge in [-0.1, -0.05) is 12.1 Å². The molecule has 0 heterocycles. The average Bonchev–Trinajstić information content (AvgIpc) is 2.60. The quantitative estimate of drug-likeness (QED) is 0.791. The molecular formula is C18H18F2N2O4. The minimum Gasteiger partial charge on any atom is -0.493 e. The molecule has 2 aromatic carbocycles. The van der Waals surface area contributed by atoms with Crippen LogP contribution in [0.25, 0.3) is 0 Å². The first-order valence-corrected chi connectivity index (χ1v) is 7.66. The number of anilines is 1. The Kier molecular flexibility index (Phi) is 6.48. The summed E-state index contributed by atoms with van der Waals surface area (Å²) >= 11 is 0. The molecule has 0 bridgehead atoms. The van der Waals surface area contributed by atoms with Crippen LogP contribution in [0.4, 0.5) is 14.5 Å². The molecule has 6 nitrogen and oxygen atoms in total. The van der Waals surface area contributed by atoms with Gasteiger partial charge in [-0.05, 0) is 29.8 Å². The van der Waals surface area contributed by atoms with Crippen LogP contribution in [0.2, 0.25) is 0 Å². The molecule has 26 heavy (non-hydrogen) atoms. The molecule has 2 amide bonds. The van der Waals surface area contributed by atoms with Crippen molar-refractivity contribution in [1.29, 1.82) is 0 Å². The Morgan fingerprint density at radius 2 is 1.77 bits per heavy atom. The van der Waals surface area contributed by atoms with Gasteiger partial charge in [0, 0.05) is 30.8 Å². The van der Waals surface area contributed by atoms with Crippen molar-refractivity contribution in [1.82, 2.24) is 5.32 Å². The highest BCUT2D eigenvalue weighted by Gasteiger charge is 2.13. The Bertz CT molecular complexity index is 779. The molecule has 0 unspecified atom stereocenters. The molecule has 0 aliphatic rings. The number of amides is 2. The minimum atomic E-state index is -3.01. The fourth-order valence-corrected chi connectivity index (χ4v) is 2.15. The lowest BCUT2D eigenvalue weighted by Crippen LogP contribution is -2.19. The maximum absolute atomic E-state index is 12.5. The fraction of sp³-hybridized carbons (Fsp3) is 0.222. The number of methoxy groups -OCH3 is 1. The molecule has 0 saturated heterocycles. The second kappa shape index (κ2) is 8.80. The maximum atomic E-state index is 12.5. The van der Waals surface area contributed by atoms with Crippen LogP contribution in [0, 0.1) is 0 Å². The zero-order valence-electron chi connectivity index (χ0n) is 14.2. The highest BCUT2D eigenvalue weighted by molar-refractivity contribution is 6.04. The van der Waals surface area contributed by atoms with Crippen molar-refractivity contribution in [2.45, 2.75) is 20.1 Å². The van der Waals surface area contributed by atoms with Crippen LogP contribution < -0.4 is 20.1 Å². The molecule has 2 rings (SSSR count). The van der Waals surface area contributed by atoms with Gasteiger partial charge < -0.3 is 20.1 Å². The van der Waals surface area contributed by atoms with Gasteiger partial charge in [0.05, 0.1) is 7.11 Å². The Hall–Kier alpha value is -3.16. The highest BCUT2D eigenvalue weighted by Crippen LogP contribution is 2.31. The van der Waals surface area contributed by atoms with Crippen molar-refractivity contribution in [2.24, 2.45) is 0 Å².